The van der Waals surface area contributed by atoms with Crippen LogP contribution >= 0.6 is 11.3 Å². The average Bonchev–Trinajstić information content (AvgIpc) is 3.06. The van der Waals surface area contributed by atoms with E-state index in [0.29, 0.717) is 24.5 Å². The van der Waals surface area contributed by atoms with Crippen molar-refractivity contribution in [1.82, 2.24) is 9.29 Å². The predicted octanol–water partition coefficient (Wildman–Crippen LogP) is 3.28. The Balaban J connectivity index is 1.78. The summed E-state index contributed by atoms with van der Waals surface area (Å²) in [5.74, 6) is -0.392. The van der Waals surface area contributed by atoms with E-state index in [9.17, 15) is 13.2 Å². The standard InChI is InChI=1S/C18H21N3O3S2/c1-14-19-15(13-25-14)9-10-18(22)20-16-7-3-4-8-17(16)26(23,24)21-11-5-2-6-12-21/h3-4,7-10,13H,2,5-6,11-12H2,1H3,(H,20,22)/b10-9+. The SMILES string of the molecule is Cc1nc(/C=C/C(=O)Nc2ccccc2S(=O)(=O)N2CCCCC2)cs1. The van der Waals surface area contributed by atoms with Crippen molar-refractivity contribution in [3.8, 4) is 0 Å². The normalized spacial score (nSPS) is 16.0. The van der Waals surface area contributed by atoms with Gasteiger partial charge in [-0.1, -0.05) is 18.6 Å². The third-order valence-corrected chi connectivity index (χ3v) is 6.87. The molecule has 1 saturated heterocycles. The highest BCUT2D eigenvalue weighted by atomic mass is 32.2. The van der Waals surface area contributed by atoms with Crippen LogP contribution in [0.4, 0.5) is 5.69 Å². The van der Waals surface area contributed by atoms with Crippen molar-refractivity contribution in [3.05, 3.63) is 46.4 Å². The Bertz CT molecular complexity index is 913. The first kappa shape index (κ1) is 18.8. The highest BCUT2D eigenvalue weighted by Crippen LogP contribution is 2.26. The molecule has 0 saturated carbocycles. The monoisotopic (exact) mass is 391 g/mol. The summed E-state index contributed by atoms with van der Waals surface area (Å²) >= 11 is 1.50. The van der Waals surface area contributed by atoms with Gasteiger partial charge in [-0.15, -0.1) is 11.3 Å². The summed E-state index contributed by atoms with van der Waals surface area (Å²) < 4.78 is 27.3. The lowest BCUT2D eigenvalue weighted by atomic mass is 10.2. The third-order valence-electron chi connectivity index (χ3n) is 4.12. The van der Waals surface area contributed by atoms with Gasteiger partial charge in [0.1, 0.15) is 4.90 Å². The Labute approximate surface area is 157 Å². The van der Waals surface area contributed by atoms with Gasteiger partial charge in [0.25, 0.3) is 0 Å². The van der Waals surface area contributed by atoms with Gasteiger partial charge in [-0.2, -0.15) is 4.31 Å². The maximum absolute atomic E-state index is 12.9. The Kier molecular flexibility index (Phi) is 5.85. The Morgan fingerprint density at radius 1 is 1.23 bits per heavy atom. The Morgan fingerprint density at radius 2 is 1.96 bits per heavy atom. The first-order chi connectivity index (χ1) is 12.5. The molecule has 1 aliphatic heterocycles. The largest absolute Gasteiger partial charge is 0.321 e. The molecule has 138 valence electrons. The molecular formula is C18H21N3O3S2. The second-order valence-electron chi connectivity index (χ2n) is 6.07. The zero-order valence-electron chi connectivity index (χ0n) is 14.5. The first-order valence-electron chi connectivity index (χ1n) is 8.47. The number of aryl methyl sites for hydroxylation is 1. The maximum atomic E-state index is 12.9. The van der Waals surface area contributed by atoms with Gasteiger partial charge in [0, 0.05) is 24.5 Å². The van der Waals surface area contributed by atoms with E-state index in [0.717, 1.165) is 24.3 Å². The molecule has 1 fully saturated rings. The zero-order chi connectivity index (χ0) is 18.6. The number of sulfonamides is 1. The summed E-state index contributed by atoms with van der Waals surface area (Å²) in [5, 5.41) is 5.45. The number of piperidine rings is 1. The molecule has 0 aliphatic carbocycles. The van der Waals surface area contributed by atoms with Crippen molar-refractivity contribution >= 4 is 39.0 Å². The number of hydrogen-bond acceptors (Lipinski definition) is 5. The first-order valence-corrected chi connectivity index (χ1v) is 10.8. The number of nitrogens with zero attached hydrogens (tertiary/aromatic N) is 2. The average molecular weight is 392 g/mol. The van der Waals surface area contributed by atoms with E-state index < -0.39 is 15.9 Å². The van der Waals surface area contributed by atoms with Gasteiger partial charge in [-0.3, -0.25) is 4.79 Å². The van der Waals surface area contributed by atoms with E-state index in [-0.39, 0.29) is 4.90 Å². The smallest absolute Gasteiger partial charge is 0.248 e. The van der Waals surface area contributed by atoms with Crippen LogP contribution in [0.15, 0.2) is 40.6 Å². The van der Waals surface area contributed by atoms with Gasteiger partial charge in [0.05, 0.1) is 16.4 Å². The summed E-state index contributed by atoms with van der Waals surface area (Å²) in [5.41, 5.74) is 0.999. The molecule has 2 aromatic rings. The number of amides is 1. The van der Waals surface area contributed by atoms with Crippen LogP contribution in [-0.4, -0.2) is 36.7 Å². The van der Waals surface area contributed by atoms with E-state index in [1.54, 1.807) is 24.3 Å². The highest BCUT2D eigenvalue weighted by Gasteiger charge is 2.28. The number of aromatic nitrogens is 1. The second kappa shape index (κ2) is 8.11. The third kappa shape index (κ3) is 4.38. The summed E-state index contributed by atoms with van der Waals surface area (Å²) in [7, 11) is -3.62. The molecule has 0 bridgehead atoms. The van der Waals surface area contributed by atoms with Gasteiger partial charge >= 0.3 is 0 Å². The molecule has 1 amide bonds. The summed E-state index contributed by atoms with van der Waals surface area (Å²) in [6, 6.07) is 6.52. The number of thiazole rings is 1. The van der Waals surface area contributed by atoms with Gasteiger partial charge in [-0.05, 0) is 38.0 Å². The van der Waals surface area contributed by atoms with Crippen LogP contribution in [-0.2, 0) is 14.8 Å². The van der Waals surface area contributed by atoms with E-state index in [4.69, 9.17) is 0 Å². The van der Waals surface area contributed by atoms with Crippen LogP contribution in [0, 0.1) is 6.92 Å². The lowest BCUT2D eigenvalue weighted by Crippen LogP contribution is -2.36. The van der Waals surface area contributed by atoms with Crippen LogP contribution in [0.5, 0.6) is 0 Å². The van der Waals surface area contributed by atoms with Gasteiger partial charge < -0.3 is 5.32 Å². The molecule has 6 nitrogen and oxygen atoms in total. The Morgan fingerprint density at radius 3 is 2.65 bits per heavy atom. The van der Waals surface area contributed by atoms with Crippen molar-refractivity contribution in [2.24, 2.45) is 0 Å². The minimum Gasteiger partial charge on any atom is -0.321 e. The molecule has 1 N–H and O–H groups in total. The summed E-state index contributed by atoms with van der Waals surface area (Å²) in [6.07, 6.45) is 5.75. The Hall–Kier alpha value is -2.03. The fourth-order valence-corrected chi connectivity index (χ4v) is 5.08. The minimum absolute atomic E-state index is 0.133. The number of rotatable bonds is 5. The van der Waals surface area contributed by atoms with Gasteiger partial charge in [-0.25, -0.2) is 13.4 Å². The quantitative estimate of drug-likeness (QED) is 0.794. The predicted molar refractivity (Wildman–Crippen MR) is 104 cm³/mol. The number of para-hydroxylation sites is 1. The van der Waals surface area contributed by atoms with Gasteiger partial charge in [0.15, 0.2) is 0 Å². The molecule has 0 unspecified atom stereocenters. The minimum atomic E-state index is -3.62. The topological polar surface area (TPSA) is 79.4 Å². The van der Waals surface area contributed by atoms with Crippen LogP contribution in [0.2, 0.25) is 0 Å². The van der Waals surface area contributed by atoms with Crippen molar-refractivity contribution in [2.45, 2.75) is 31.1 Å². The number of carbonyl (C=O) groups excluding carboxylic acids is 1. The van der Waals surface area contributed by atoms with Crippen molar-refractivity contribution in [1.29, 1.82) is 0 Å². The molecule has 3 rings (SSSR count). The van der Waals surface area contributed by atoms with E-state index in [1.807, 2.05) is 12.3 Å². The number of benzene rings is 1. The lowest BCUT2D eigenvalue weighted by Gasteiger charge is -2.26. The molecular weight excluding hydrogens is 370 g/mol. The van der Waals surface area contributed by atoms with Crippen LogP contribution in [0.1, 0.15) is 30.0 Å². The van der Waals surface area contributed by atoms with Gasteiger partial charge in [0.2, 0.25) is 15.9 Å². The number of nitrogens with one attached hydrogen (secondary N) is 1. The summed E-state index contributed by atoms with van der Waals surface area (Å²) in [6.45, 7) is 2.94. The molecule has 0 radical (unpaired) electrons. The second-order valence-corrected chi connectivity index (χ2v) is 9.04. The van der Waals surface area contributed by atoms with Crippen molar-refractivity contribution in [2.75, 3.05) is 18.4 Å². The van der Waals surface area contributed by atoms with Crippen molar-refractivity contribution in [3.63, 3.8) is 0 Å². The number of hydrogen-bond donors (Lipinski definition) is 1. The van der Waals surface area contributed by atoms with E-state index >= 15 is 0 Å². The molecule has 0 atom stereocenters. The molecule has 8 heteroatoms. The molecule has 2 heterocycles. The van der Waals surface area contributed by atoms with Crippen molar-refractivity contribution < 1.29 is 13.2 Å². The molecule has 0 spiro atoms. The van der Waals surface area contributed by atoms with Crippen LogP contribution in [0.3, 0.4) is 0 Å². The molecule has 1 aromatic heterocycles. The molecule has 1 aliphatic rings. The zero-order valence-corrected chi connectivity index (χ0v) is 16.1. The lowest BCUT2D eigenvalue weighted by molar-refractivity contribution is -0.111. The van der Waals surface area contributed by atoms with E-state index in [2.05, 4.69) is 10.3 Å². The maximum Gasteiger partial charge on any atom is 0.248 e. The van der Waals surface area contributed by atoms with Crippen LogP contribution < -0.4 is 5.32 Å². The number of anilines is 1. The summed E-state index contributed by atoms with van der Waals surface area (Å²) in [4.78, 5) is 16.6. The fourth-order valence-electron chi connectivity index (χ4n) is 2.83. The number of carbonyl (C=O) groups is 1. The molecule has 1 aromatic carbocycles. The highest BCUT2D eigenvalue weighted by molar-refractivity contribution is 7.89. The fraction of sp³-hybridized carbons (Fsp3) is 0.333. The van der Waals surface area contributed by atoms with Crippen LogP contribution in [0.25, 0.3) is 6.08 Å². The van der Waals surface area contributed by atoms with E-state index in [1.165, 1.54) is 27.8 Å². The molecule has 26 heavy (non-hydrogen) atoms.